The predicted molar refractivity (Wildman–Crippen MR) is 72.7 cm³/mol. The summed E-state index contributed by atoms with van der Waals surface area (Å²) >= 11 is 0. The zero-order valence-corrected chi connectivity index (χ0v) is 11.2. The molecule has 1 aliphatic carbocycles. The highest BCUT2D eigenvalue weighted by Gasteiger charge is 2.18. The maximum Gasteiger partial charge on any atom is 0.387 e. The van der Waals surface area contributed by atoms with Gasteiger partial charge in [0.2, 0.25) is 0 Å². The van der Waals surface area contributed by atoms with Crippen LogP contribution in [0.4, 0.5) is 14.5 Å². The van der Waals surface area contributed by atoms with Crippen molar-refractivity contribution in [2.75, 3.05) is 11.9 Å². The SMILES string of the molecule is CC1CCC(CNc2ccccc2OC(F)F)CC1. The van der Waals surface area contributed by atoms with Gasteiger partial charge >= 0.3 is 6.61 Å². The molecule has 1 aliphatic rings. The number of para-hydroxylation sites is 2. The number of alkyl halides is 2. The van der Waals surface area contributed by atoms with Crippen molar-refractivity contribution in [3.63, 3.8) is 0 Å². The number of halogens is 2. The molecule has 0 radical (unpaired) electrons. The van der Waals surface area contributed by atoms with Crippen molar-refractivity contribution in [2.24, 2.45) is 11.8 Å². The molecule has 0 heterocycles. The van der Waals surface area contributed by atoms with Gasteiger partial charge in [-0.15, -0.1) is 0 Å². The number of benzene rings is 1. The fourth-order valence-electron chi connectivity index (χ4n) is 2.60. The van der Waals surface area contributed by atoms with E-state index in [0.29, 0.717) is 11.6 Å². The highest BCUT2D eigenvalue weighted by atomic mass is 19.3. The van der Waals surface area contributed by atoms with Crippen molar-refractivity contribution in [2.45, 2.75) is 39.2 Å². The lowest BCUT2D eigenvalue weighted by Crippen LogP contribution is -2.20. The number of hydrogen-bond acceptors (Lipinski definition) is 2. The molecule has 1 aromatic rings. The highest BCUT2D eigenvalue weighted by Crippen LogP contribution is 2.30. The smallest absolute Gasteiger partial charge is 0.387 e. The molecule has 0 spiro atoms. The van der Waals surface area contributed by atoms with Gasteiger partial charge in [0.25, 0.3) is 0 Å². The predicted octanol–water partition coefficient (Wildman–Crippen LogP) is 4.53. The molecule has 19 heavy (non-hydrogen) atoms. The third-order valence-electron chi connectivity index (χ3n) is 3.82. The first-order chi connectivity index (χ1) is 9.15. The molecule has 0 aliphatic heterocycles. The summed E-state index contributed by atoms with van der Waals surface area (Å²) in [6, 6.07) is 6.87. The van der Waals surface area contributed by atoms with E-state index in [9.17, 15) is 8.78 Å². The van der Waals surface area contributed by atoms with E-state index < -0.39 is 6.61 Å². The van der Waals surface area contributed by atoms with Crippen molar-refractivity contribution in [1.82, 2.24) is 0 Å². The monoisotopic (exact) mass is 269 g/mol. The summed E-state index contributed by atoms with van der Waals surface area (Å²) in [5.41, 5.74) is 0.654. The van der Waals surface area contributed by atoms with Gasteiger partial charge in [0.15, 0.2) is 0 Å². The van der Waals surface area contributed by atoms with E-state index in [1.807, 2.05) is 6.07 Å². The Morgan fingerprint density at radius 3 is 2.58 bits per heavy atom. The number of rotatable bonds is 5. The normalized spacial score (nSPS) is 23.4. The third kappa shape index (κ3) is 4.37. The fraction of sp³-hybridized carbons (Fsp3) is 0.600. The third-order valence-corrected chi connectivity index (χ3v) is 3.82. The number of nitrogens with one attached hydrogen (secondary N) is 1. The second-order valence-corrected chi connectivity index (χ2v) is 5.38. The van der Waals surface area contributed by atoms with Gasteiger partial charge in [0.05, 0.1) is 5.69 Å². The van der Waals surface area contributed by atoms with Gasteiger partial charge < -0.3 is 10.1 Å². The average Bonchev–Trinajstić information content (AvgIpc) is 2.39. The van der Waals surface area contributed by atoms with E-state index in [2.05, 4.69) is 17.0 Å². The first-order valence-electron chi connectivity index (χ1n) is 6.93. The summed E-state index contributed by atoms with van der Waals surface area (Å²) < 4.78 is 29.1. The molecule has 0 saturated heterocycles. The van der Waals surface area contributed by atoms with Crippen LogP contribution in [0.15, 0.2) is 24.3 Å². The molecule has 1 N–H and O–H groups in total. The molecule has 2 rings (SSSR count). The van der Waals surface area contributed by atoms with Crippen LogP contribution in [0.25, 0.3) is 0 Å². The van der Waals surface area contributed by atoms with Crippen molar-refractivity contribution in [1.29, 1.82) is 0 Å². The summed E-state index contributed by atoms with van der Waals surface area (Å²) in [6.07, 6.45) is 4.96. The lowest BCUT2D eigenvalue weighted by atomic mass is 9.83. The van der Waals surface area contributed by atoms with Gasteiger partial charge in [-0.1, -0.05) is 31.9 Å². The second kappa shape index (κ2) is 6.73. The van der Waals surface area contributed by atoms with Gasteiger partial charge in [-0.05, 0) is 36.8 Å². The maximum absolute atomic E-state index is 12.3. The molecule has 0 bridgehead atoms. The van der Waals surface area contributed by atoms with E-state index in [0.717, 1.165) is 12.5 Å². The van der Waals surface area contributed by atoms with Crippen LogP contribution in [-0.4, -0.2) is 13.2 Å². The Morgan fingerprint density at radius 1 is 1.21 bits per heavy atom. The largest absolute Gasteiger partial charge is 0.433 e. The van der Waals surface area contributed by atoms with E-state index in [4.69, 9.17) is 0 Å². The molecule has 0 amide bonds. The molecule has 4 heteroatoms. The van der Waals surface area contributed by atoms with Crippen LogP contribution < -0.4 is 10.1 Å². The van der Waals surface area contributed by atoms with Crippen LogP contribution >= 0.6 is 0 Å². The number of hydrogen-bond donors (Lipinski definition) is 1. The zero-order valence-electron chi connectivity index (χ0n) is 11.2. The van der Waals surface area contributed by atoms with Crippen molar-refractivity contribution in [3.05, 3.63) is 24.3 Å². The fourth-order valence-corrected chi connectivity index (χ4v) is 2.60. The molecule has 106 valence electrons. The Kier molecular flexibility index (Phi) is 5.00. The molecule has 0 atom stereocenters. The lowest BCUT2D eigenvalue weighted by Gasteiger charge is -2.26. The van der Waals surface area contributed by atoms with Crippen molar-refractivity contribution in [3.8, 4) is 5.75 Å². The molecule has 1 aromatic carbocycles. The van der Waals surface area contributed by atoms with E-state index in [-0.39, 0.29) is 5.75 Å². The van der Waals surface area contributed by atoms with Crippen molar-refractivity contribution >= 4 is 5.69 Å². The molecule has 0 unspecified atom stereocenters. The van der Waals surface area contributed by atoms with Gasteiger partial charge in [-0.3, -0.25) is 0 Å². The first-order valence-corrected chi connectivity index (χ1v) is 6.93. The highest BCUT2D eigenvalue weighted by molar-refractivity contribution is 5.56. The Bertz CT molecular complexity index is 389. The molecule has 1 saturated carbocycles. The topological polar surface area (TPSA) is 21.3 Å². The maximum atomic E-state index is 12.3. The van der Waals surface area contributed by atoms with Crippen LogP contribution in [0.5, 0.6) is 5.75 Å². The number of anilines is 1. The zero-order chi connectivity index (χ0) is 13.7. The van der Waals surface area contributed by atoms with Gasteiger partial charge in [-0.25, -0.2) is 0 Å². The molecule has 1 fully saturated rings. The molecular formula is C15H21F2NO. The summed E-state index contributed by atoms with van der Waals surface area (Å²) in [5.74, 6) is 1.68. The minimum absolute atomic E-state index is 0.224. The Morgan fingerprint density at radius 2 is 1.89 bits per heavy atom. The van der Waals surface area contributed by atoms with Gasteiger partial charge in [0, 0.05) is 6.54 Å². The Labute approximate surface area is 113 Å². The Balaban J connectivity index is 1.88. The van der Waals surface area contributed by atoms with Crippen LogP contribution in [0, 0.1) is 11.8 Å². The molecule has 0 aromatic heterocycles. The summed E-state index contributed by atoms with van der Waals surface area (Å²) in [7, 11) is 0. The minimum atomic E-state index is -2.78. The summed E-state index contributed by atoms with van der Waals surface area (Å²) in [4.78, 5) is 0. The van der Waals surface area contributed by atoms with Gasteiger partial charge in [-0.2, -0.15) is 8.78 Å². The lowest BCUT2D eigenvalue weighted by molar-refractivity contribution is -0.0493. The Hall–Kier alpha value is -1.32. The summed E-state index contributed by atoms with van der Waals surface area (Å²) in [6.45, 7) is 0.338. The van der Waals surface area contributed by atoms with Gasteiger partial charge in [0.1, 0.15) is 5.75 Å². The van der Waals surface area contributed by atoms with Crippen LogP contribution in [-0.2, 0) is 0 Å². The average molecular weight is 269 g/mol. The van der Waals surface area contributed by atoms with E-state index >= 15 is 0 Å². The minimum Gasteiger partial charge on any atom is -0.433 e. The van der Waals surface area contributed by atoms with Crippen LogP contribution in [0.1, 0.15) is 32.6 Å². The van der Waals surface area contributed by atoms with Crippen LogP contribution in [0.2, 0.25) is 0 Å². The quantitative estimate of drug-likeness (QED) is 0.848. The molecular weight excluding hydrogens is 248 g/mol. The standard InChI is InChI=1S/C15H21F2NO/c1-11-6-8-12(9-7-11)10-18-13-4-2-3-5-14(13)19-15(16)17/h2-5,11-12,15,18H,6-10H2,1H3. The van der Waals surface area contributed by atoms with E-state index in [1.165, 1.54) is 25.7 Å². The first kappa shape index (κ1) is 14.1. The van der Waals surface area contributed by atoms with Crippen molar-refractivity contribution < 1.29 is 13.5 Å². The van der Waals surface area contributed by atoms with E-state index in [1.54, 1.807) is 18.2 Å². The summed E-state index contributed by atoms with van der Waals surface area (Å²) in [5, 5.41) is 3.24. The number of ether oxygens (including phenoxy) is 1. The second-order valence-electron chi connectivity index (χ2n) is 5.38. The van der Waals surface area contributed by atoms with Crippen LogP contribution in [0.3, 0.4) is 0 Å². The molecule has 2 nitrogen and oxygen atoms in total.